The van der Waals surface area contributed by atoms with Gasteiger partial charge in [-0.3, -0.25) is 0 Å². The van der Waals surface area contributed by atoms with Gasteiger partial charge in [0.15, 0.2) is 0 Å². The van der Waals surface area contributed by atoms with Crippen molar-refractivity contribution in [2.45, 2.75) is 26.3 Å². The number of hydrogen-bond donors (Lipinski definition) is 1. The van der Waals surface area contributed by atoms with Crippen molar-refractivity contribution in [3.05, 3.63) is 41.7 Å². The van der Waals surface area contributed by atoms with Crippen LogP contribution in [0.4, 0.5) is 5.69 Å². The van der Waals surface area contributed by atoms with Crippen molar-refractivity contribution >= 4 is 5.69 Å². The van der Waals surface area contributed by atoms with E-state index in [-0.39, 0.29) is 0 Å². The molecule has 1 heterocycles. The summed E-state index contributed by atoms with van der Waals surface area (Å²) in [6.07, 6.45) is 3.59. The number of nitrogens with zero attached hydrogens (tertiary/aromatic N) is 2. The first-order chi connectivity index (χ1) is 10.3. The van der Waals surface area contributed by atoms with E-state index in [4.69, 9.17) is 9.47 Å². The number of aryl methyl sites for hydroxylation is 1. The van der Waals surface area contributed by atoms with Crippen LogP contribution in [0.25, 0.3) is 0 Å². The quantitative estimate of drug-likeness (QED) is 0.848. The highest BCUT2D eigenvalue weighted by Gasteiger charge is 2.13. The lowest BCUT2D eigenvalue weighted by Crippen LogP contribution is -2.08. The zero-order chi connectivity index (χ0) is 15.1. The van der Waals surface area contributed by atoms with Crippen LogP contribution in [-0.4, -0.2) is 24.2 Å². The van der Waals surface area contributed by atoms with Crippen LogP contribution in [0.3, 0.4) is 0 Å². The Kier molecular flexibility index (Phi) is 5.37. The van der Waals surface area contributed by atoms with Crippen molar-refractivity contribution in [3.63, 3.8) is 0 Å². The zero-order valence-corrected chi connectivity index (χ0v) is 12.7. The monoisotopic (exact) mass is 287 g/mol. The van der Waals surface area contributed by atoms with E-state index in [1.807, 2.05) is 6.07 Å². The predicted molar refractivity (Wildman–Crippen MR) is 82.9 cm³/mol. The maximum atomic E-state index is 5.28. The lowest BCUT2D eigenvalue weighted by Gasteiger charge is -2.14. The fourth-order valence-corrected chi connectivity index (χ4v) is 2.25. The molecule has 2 aromatic rings. The first kappa shape index (κ1) is 15.1. The molecule has 0 aliphatic rings. The number of anilines is 1. The molecule has 5 nitrogen and oxygen atoms in total. The van der Waals surface area contributed by atoms with Crippen LogP contribution in [0.2, 0.25) is 0 Å². The van der Waals surface area contributed by atoms with Gasteiger partial charge in [-0.05, 0) is 18.1 Å². The normalized spacial score (nSPS) is 10.2. The molecule has 0 spiro atoms. The van der Waals surface area contributed by atoms with Crippen LogP contribution in [0.5, 0.6) is 11.8 Å². The number of aromatic nitrogens is 2. The molecule has 0 fully saturated rings. The van der Waals surface area contributed by atoms with Gasteiger partial charge < -0.3 is 14.8 Å². The number of methoxy groups -OCH3 is 2. The third-order valence-corrected chi connectivity index (χ3v) is 3.25. The van der Waals surface area contributed by atoms with E-state index in [0.29, 0.717) is 18.3 Å². The van der Waals surface area contributed by atoms with Crippen molar-refractivity contribution in [3.8, 4) is 11.8 Å². The molecule has 0 aliphatic heterocycles. The molecule has 0 saturated heterocycles. The molecule has 0 bridgehead atoms. The lowest BCUT2D eigenvalue weighted by atomic mass is 10.1. The number of rotatable bonds is 7. The van der Waals surface area contributed by atoms with Crippen molar-refractivity contribution in [2.24, 2.45) is 0 Å². The van der Waals surface area contributed by atoms with E-state index in [1.54, 1.807) is 14.2 Å². The Morgan fingerprint density at radius 1 is 1.05 bits per heavy atom. The summed E-state index contributed by atoms with van der Waals surface area (Å²) in [5, 5.41) is 3.42. The molecule has 0 saturated carbocycles. The molecule has 1 aromatic carbocycles. The summed E-state index contributed by atoms with van der Waals surface area (Å²) in [5.41, 5.74) is 3.23. The molecule has 1 N–H and O–H groups in total. The van der Waals surface area contributed by atoms with Gasteiger partial charge in [-0.1, -0.05) is 31.5 Å². The van der Waals surface area contributed by atoms with Crippen LogP contribution in [0.15, 0.2) is 30.6 Å². The Labute approximate surface area is 125 Å². The van der Waals surface area contributed by atoms with Crippen LogP contribution in [0, 0.1) is 0 Å². The second kappa shape index (κ2) is 7.47. The summed E-state index contributed by atoms with van der Waals surface area (Å²) in [6.45, 7) is 2.72. The zero-order valence-electron chi connectivity index (χ0n) is 12.7. The van der Waals surface area contributed by atoms with Gasteiger partial charge in [0, 0.05) is 5.69 Å². The van der Waals surface area contributed by atoms with E-state index in [2.05, 4.69) is 40.4 Å². The Bertz CT molecular complexity index is 565. The minimum atomic E-state index is 0.530. The van der Waals surface area contributed by atoms with Gasteiger partial charge in [-0.2, -0.15) is 0 Å². The van der Waals surface area contributed by atoms with Gasteiger partial charge in [0.25, 0.3) is 0 Å². The summed E-state index contributed by atoms with van der Waals surface area (Å²) in [6, 6.07) is 8.30. The Hall–Kier alpha value is -2.30. The molecule has 5 heteroatoms. The second-order valence-electron chi connectivity index (χ2n) is 4.63. The third-order valence-electron chi connectivity index (χ3n) is 3.25. The predicted octanol–water partition coefficient (Wildman–Crippen LogP) is 3.06. The fourth-order valence-electron chi connectivity index (χ4n) is 2.25. The molecule has 0 aliphatic carbocycles. The highest BCUT2D eigenvalue weighted by Crippen LogP contribution is 2.25. The van der Waals surface area contributed by atoms with Gasteiger partial charge in [-0.15, -0.1) is 0 Å². The summed E-state index contributed by atoms with van der Waals surface area (Å²) in [7, 11) is 3.19. The second-order valence-corrected chi connectivity index (χ2v) is 4.63. The SMILES string of the molecule is CCCc1ccccc1NCc1c(OC)ncnc1OC. The lowest BCUT2D eigenvalue weighted by molar-refractivity contribution is 0.363. The van der Waals surface area contributed by atoms with Crippen molar-refractivity contribution in [2.75, 3.05) is 19.5 Å². The summed E-state index contributed by atoms with van der Waals surface area (Å²) < 4.78 is 10.6. The molecule has 0 radical (unpaired) electrons. The fraction of sp³-hybridized carbons (Fsp3) is 0.375. The average molecular weight is 287 g/mol. The minimum absolute atomic E-state index is 0.530. The molecule has 112 valence electrons. The average Bonchev–Trinajstić information content (AvgIpc) is 2.54. The smallest absolute Gasteiger partial charge is 0.225 e. The first-order valence-electron chi connectivity index (χ1n) is 7.03. The summed E-state index contributed by atoms with van der Waals surface area (Å²) in [4.78, 5) is 8.25. The van der Waals surface area contributed by atoms with Crippen LogP contribution < -0.4 is 14.8 Å². The van der Waals surface area contributed by atoms with Crippen molar-refractivity contribution in [1.82, 2.24) is 9.97 Å². The van der Waals surface area contributed by atoms with E-state index in [0.717, 1.165) is 24.1 Å². The van der Waals surface area contributed by atoms with Gasteiger partial charge >= 0.3 is 0 Å². The molecule has 21 heavy (non-hydrogen) atoms. The van der Waals surface area contributed by atoms with Gasteiger partial charge in [0.05, 0.1) is 26.3 Å². The molecular weight excluding hydrogens is 266 g/mol. The maximum Gasteiger partial charge on any atom is 0.225 e. The van der Waals surface area contributed by atoms with Gasteiger partial charge in [-0.25, -0.2) is 9.97 Å². The number of nitrogens with one attached hydrogen (secondary N) is 1. The van der Waals surface area contributed by atoms with E-state index < -0.39 is 0 Å². The molecule has 0 atom stereocenters. The molecular formula is C16H21N3O2. The van der Waals surface area contributed by atoms with Crippen molar-refractivity contribution < 1.29 is 9.47 Å². The maximum absolute atomic E-state index is 5.28. The highest BCUT2D eigenvalue weighted by molar-refractivity contribution is 5.52. The Morgan fingerprint density at radius 2 is 1.71 bits per heavy atom. The molecule has 0 amide bonds. The Balaban J connectivity index is 2.20. The van der Waals surface area contributed by atoms with E-state index in [9.17, 15) is 0 Å². The van der Waals surface area contributed by atoms with E-state index >= 15 is 0 Å². The van der Waals surface area contributed by atoms with Crippen LogP contribution in [-0.2, 0) is 13.0 Å². The standard InChI is InChI=1S/C16H21N3O2/c1-4-7-12-8-5-6-9-14(12)17-10-13-15(20-2)18-11-19-16(13)21-3/h5-6,8-9,11,17H,4,7,10H2,1-3H3. The first-order valence-corrected chi connectivity index (χ1v) is 7.03. The van der Waals surface area contributed by atoms with Crippen LogP contribution in [0.1, 0.15) is 24.5 Å². The number of hydrogen-bond acceptors (Lipinski definition) is 5. The highest BCUT2D eigenvalue weighted by atomic mass is 16.5. The van der Waals surface area contributed by atoms with Gasteiger partial charge in [0.2, 0.25) is 11.8 Å². The number of ether oxygens (including phenoxy) is 2. The van der Waals surface area contributed by atoms with Crippen molar-refractivity contribution in [1.29, 1.82) is 0 Å². The molecule has 2 rings (SSSR count). The third kappa shape index (κ3) is 3.62. The summed E-state index contributed by atoms with van der Waals surface area (Å²) >= 11 is 0. The summed E-state index contributed by atoms with van der Waals surface area (Å²) in [5.74, 6) is 1.06. The number of para-hydroxylation sites is 1. The van der Waals surface area contributed by atoms with Crippen LogP contribution >= 0.6 is 0 Å². The topological polar surface area (TPSA) is 56.3 Å². The molecule has 0 unspecified atom stereocenters. The molecule has 1 aromatic heterocycles. The minimum Gasteiger partial charge on any atom is -0.481 e. The largest absolute Gasteiger partial charge is 0.481 e. The van der Waals surface area contributed by atoms with E-state index in [1.165, 1.54) is 11.9 Å². The Morgan fingerprint density at radius 3 is 2.33 bits per heavy atom. The van der Waals surface area contributed by atoms with Gasteiger partial charge in [0.1, 0.15) is 6.33 Å². The number of benzene rings is 1.